The molecular formula is C19H24ClN3O2S. The van der Waals surface area contributed by atoms with Gasteiger partial charge in [0, 0.05) is 36.6 Å². The highest BCUT2D eigenvalue weighted by atomic mass is 35.5. The van der Waals surface area contributed by atoms with E-state index in [1.807, 2.05) is 48.4 Å². The van der Waals surface area contributed by atoms with Gasteiger partial charge in [-0.3, -0.25) is 4.79 Å². The maximum atomic E-state index is 12.9. The second-order valence-corrected chi connectivity index (χ2v) is 7.64. The van der Waals surface area contributed by atoms with E-state index in [-0.39, 0.29) is 18.1 Å². The second kappa shape index (κ2) is 8.95. The molecule has 26 heavy (non-hydrogen) atoms. The van der Waals surface area contributed by atoms with Crippen LogP contribution in [-0.4, -0.2) is 42.0 Å². The van der Waals surface area contributed by atoms with Gasteiger partial charge in [-0.05, 0) is 31.5 Å². The number of hydrogen-bond acceptors (Lipinski definition) is 5. The van der Waals surface area contributed by atoms with Crippen molar-refractivity contribution in [1.29, 1.82) is 0 Å². The Kier molecular flexibility index (Phi) is 6.64. The van der Waals surface area contributed by atoms with Crippen LogP contribution in [-0.2, 0) is 16.0 Å². The first-order valence-corrected chi connectivity index (χ1v) is 10.2. The van der Waals surface area contributed by atoms with Gasteiger partial charge in [-0.2, -0.15) is 0 Å². The third-order valence-corrected chi connectivity index (χ3v) is 5.75. The number of nitrogens with zero attached hydrogens (tertiary/aromatic N) is 2. The summed E-state index contributed by atoms with van der Waals surface area (Å²) in [7, 11) is 0. The monoisotopic (exact) mass is 393 g/mol. The molecule has 1 aliphatic rings. The fourth-order valence-electron chi connectivity index (χ4n) is 3.18. The number of halogens is 1. The lowest BCUT2D eigenvalue weighted by molar-refractivity contribution is -0.133. The zero-order valence-electron chi connectivity index (χ0n) is 15.1. The van der Waals surface area contributed by atoms with Crippen molar-refractivity contribution < 1.29 is 9.53 Å². The van der Waals surface area contributed by atoms with Crippen molar-refractivity contribution in [3.63, 3.8) is 0 Å². The van der Waals surface area contributed by atoms with Crippen LogP contribution in [0.2, 0.25) is 5.02 Å². The lowest BCUT2D eigenvalue weighted by atomic mass is 10.0. The Hall–Kier alpha value is -1.47. The Labute approximate surface area is 163 Å². The Morgan fingerprint density at radius 1 is 1.54 bits per heavy atom. The quantitative estimate of drug-likeness (QED) is 0.814. The van der Waals surface area contributed by atoms with Gasteiger partial charge in [0.15, 0.2) is 0 Å². The van der Waals surface area contributed by atoms with Crippen LogP contribution in [0.4, 0.5) is 0 Å². The van der Waals surface area contributed by atoms with E-state index in [0.717, 1.165) is 29.4 Å². The van der Waals surface area contributed by atoms with E-state index in [0.29, 0.717) is 24.6 Å². The van der Waals surface area contributed by atoms with Crippen LogP contribution in [0.3, 0.4) is 0 Å². The van der Waals surface area contributed by atoms with Crippen molar-refractivity contribution in [1.82, 2.24) is 15.2 Å². The van der Waals surface area contributed by atoms with E-state index in [1.165, 1.54) is 0 Å². The lowest BCUT2D eigenvalue weighted by Crippen LogP contribution is -2.49. The van der Waals surface area contributed by atoms with Crippen molar-refractivity contribution in [3.05, 3.63) is 50.9 Å². The number of carbonyl (C=O) groups is 1. The molecular weight excluding hydrogens is 370 g/mol. The fourth-order valence-corrected chi connectivity index (χ4v) is 4.20. The summed E-state index contributed by atoms with van der Waals surface area (Å²) in [6.45, 7) is 6.82. The SMILES string of the molecule is CCOC(C)c1nc(CC(=O)N2CCNCC2c2cccc(Cl)c2)cs1. The first-order chi connectivity index (χ1) is 12.6. The molecule has 7 heteroatoms. The summed E-state index contributed by atoms with van der Waals surface area (Å²) in [5.74, 6) is 0.0948. The molecule has 2 heterocycles. The van der Waals surface area contributed by atoms with Crippen LogP contribution in [0.5, 0.6) is 0 Å². The minimum absolute atomic E-state index is 0.00426. The molecule has 3 rings (SSSR count). The number of nitrogens with one attached hydrogen (secondary N) is 1. The molecule has 0 spiro atoms. The summed E-state index contributed by atoms with van der Waals surface area (Å²) in [5, 5.41) is 6.93. The highest BCUT2D eigenvalue weighted by molar-refractivity contribution is 7.09. The number of thiazole rings is 1. The van der Waals surface area contributed by atoms with E-state index in [4.69, 9.17) is 16.3 Å². The van der Waals surface area contributed by atoms with Gasteiger partial charge in [-0.1, -0.05) is 23.7 Å². The van der Waals surface area contributed by atoms with Crippen molar-refractivity contribution in [2.45, 2.75) is 32.4 Å². The molecule has 1 aromatic carbocycles. The molecule has 2 atom stereocenters. The summed E-state index contributed by atoms with van der Waals surface area (Å²) >= 11 is 7.68. The molecule has 1 aromatic heterocycles. The first kappa shape index (κ1) is 19.3. The average molecular weight is 394 g/mol. The predicted octanol–water partition coefficient (Wildman–Crippen LogP) is 3.61. The van der Waals surface area contributed by atoms with Crippen molar-refractivity contribution in [2.24, 2.45) is 0 Å². The van der Waals surface area contributed by atoms with E-state index in [1.54, 1.807) is 11.3 Å². The van der Waals surface area contributed by atoms with E-state index in [9.17, 15) is 4.79 Å². The number of rotatable bonds is 6. The van der Waals surface area contributed by atoms with Gasteiger partial charge >= 0.3 is 0 Å². The number of amides is 1. The van der Waals surface area contributed by atoms with E-state index < -0.39 is 0 Å². The van der Waals surface area contributed by atoms with Crippen molar-refractivity contribution in [3.8, 4) is 0 Å². The molecule has 1 N–H and O–H groups in total. The molecule has 2 unspecified atom stereocenters. The van der Waals surface area contributed by atoms with Crippen molar-refractivity contribution >= 4 is 28.8 Å². The highest BCUT2D eigenvalue weighted by Gasteiger charge is 2.28. The Balaban J connectivity index is 1.71. The number of hydrogen-bond donors (Lipinski definition) is 1. The minimum Gasteiger partial charge on any atom is -0.372 e. The van der Waals surface area contributed by atoms with Crippen LogP contribution in [0.15, 0.2) is 29.6 Å². The molecule has 140 valence electrons. The highest BCUT2D eigenvalue weighted by Crippen LogP contribution is 2.26. The molecule has 0 radical (unpaired) electrons. The largest absolute Gasteiger partial charge is 0.372 e. The zero-order chi connectivity index (χ0) is 18.5. The van der Waals surface area contributed by atoms with E-state index in [2.05, 4.69) is 10.3 Å². The van der Waals surface area contributed by atoms with Crippen molar-refractivity contribution in [2.75, 3.05) is 26.2 Å². The molecule has 2 aromatic rings. The lowest BCUT2D eigenvalue weighted by Gasteiger charge is -2.36. The van der Waals surface area contributed by atoms with E-state index >= 15 is 0 Å². The van der Waals surface area contributed by atoms with Gasteiger partial charge in [0.1, 0.15) is 11.1 Å². The smallest absolute Gasteiger partial charge is 0.229 e. The predicted molar refractivity (Wildman–Crippen MR) is 105 cm³/mol. The molecule has 1 fully saturated rings. The van der Waals surface area contributed by atoms with Gasteiger partial charge in [0.2, 0.25) is 5.91 Å². The maximum Gasteiger partial charge on any atom is 0.229 e. The molecule has 1 aliphatic heterocycles. The number of benzene rings is 1. The van der Waals surface area contributed by atoms with Crippen LogP contribution >= 0.6 is 22.9 Å². The summed E-state index contributed by atoms with van der Waals surface area (Å²) in [6.07, 6.45) is 0.277. The Morgan fingerprint density at radius 3 is 3.15 bits per heavy atom. The molecule has 0 saturated carbocycles. The third-order valence-electron chi connectivity index (χ3n) is 4.46. The van der Waals surface area contributed by atoms with Crippen LogP contribution in [0.1, 0.15) is 42.3 Å². The van der Waals surface area contributed by atoms with Crippen LogP contribution < -0.4 is 5.32 Å². The van der Waals surface area contributed by atoms with Gasteiger partial charge in [-0.25, -0.2) is 4.98 Å². The Morgan fingerprint density at radius 2 is 2.38 bits per heavy atom. The van der Waals surface area contributed by atoms with Gasteiger partial charge in [0.05, 0.1) is 18.2 Å². The summed E-state index contributed by atoms with van der Waals surface area (Å²) in [4.78, 5) is 19.5. The van der Waals surface area contributed by atoms with Gasteiger partial charge in [-0.15, -0.1) is 11.3 Å². The summed E-state index contributed by atoms with van der Waals surface area (Å²) < 4.78 is 5.58. The number of ether oxygens (including phenoxy) is 1. The molecule has 5 nitrogen and oxygen atoms in total. The number of piperazine rings is 1. The molecule has 0 bridgehead atoms. The number of aromatic nitrogens is 1. The molecule has 0 aliphatic carbocycles. The fraction of sp³-hybridized carbons (Fsp3) is 0.474. The van der Waals surface area contributed by atoms with Crippen LogP contribution in [0.25, 0.3) is 0 Å². The Bertz CT molecular complexity index is 752. The van der Waals surface area contributed by atoms with Crippen LogP contribution in [0, 0.1) is 0 Å². The van der Waals surface area contributed by atoms with Gasteiger partial charge < -0.3 is 15.0 Å². The number of carbonyl (C=O) groups excluding carboxylic acids is 1. The zero-order valence-corrected chi connectivity index (χ0v) is 16.6. The standard InChI is InChI=1S/C19H24ClN3O2S/c1-3-25-13(2)19-22-16(12-26-19)10-18(24)23-8-7-21-11-17(23)14-5-4-6-15(20)9-14/h4-6,9,12-13,17,21H,3,7-8,10-11H2,1-2H3. The summed E-state index contributed by atoms with van der Waals surface area (Å²) in [6, 6.07) is 7.73. The third kappa shape index (κ3) is 4.62. The first-order valence-electron chi connectivity index (χ1n) is 8.90. The molecule has 1 saturated heterocycles. The summed E-state index contributed by atoms with van der Waals surface area (Å²) in [5.41, 5.74) is 1.87. The molecule has 1 amide bonds. The average Bonchev–Trinajstić information content (AvgIpc) is 3.10. The normalized spacial score (nSPS) is 18.7. The maximum absolute atomic E-state index is 12.9. The second-order valence-electron chi connectivity index (χ2n) is 6.31. The van der Waals surface area contributed by atoms with Gasteiger partial charge in [0.25, 0.3) is 0 Å². The topological polar surface area (TPSA) is 54.5 Å². The minimum atomic E-state index is -0.0350.